The molecule has 0 unspecified atom stereocenters. The molecule has 1 aromatic carbocycles. The average molecular weight is 237 g/mol. The lowest BCUT2D eigenvalue weighted by Crippen LogP contribution is -2.03. The summed E-state index contributed by atoms with van der Waals surface area (Å²) in [5, 5.41) is 17.1. The largest absolute Gasteiger partial charge is 0.385 e. The Morgan fingerprint density at radius 2 is 1.82 bits per heavy atom. The van der Waals surface area contributed by atoms with E-state index in [9.17, 15) is 10.1 Å². The van der Waals surface area contributed by atoms with Gasteiger partial charge in [0.1, 0.15) is 0 Å². The van der Waals surface area contributed by atoms with Gasteiger partial charge in [0.2, 0.25) is 0 Å². The van der Waals surface area contributed by atoms with Crippen molar-refractivity contribution in [2.45, 2.75) is 26.7 Å². The third-order valence-electron chi connectivity index (χ3n) is 2.37. The summed E-state index contributed by atoms with van der Waals surface area (Å²) in [7, 11) is 0. The van der Waals surface area contributed by atoms with E-state index in [2.05, 4.69) is 17.6 Å². The number of unbranched alkanes of at least 4 members (excludes halogenated alkanes) is 1. The van der Waals surface area contributed by atoms with Crippen LogP contribution in [-0.2, 0) is 0 Å². The van der Waals surface area contributed by atoms with Gasteiger partial charge in [0.15, 0.2) is 0 Å². The maximum absolute atomic E-state index is 10.8. The molecule has 0 saturated heterocycles. The van der Waals surface area contributed by atoms with Crippen molar-refractivity contribution in [3.8, 4) is 0 Å². The first-order chi connectivity index (χ1) is 8.17. The predicted octanol–water partition coefficient (Wildman–Crippen LogP) is 3.24. The molecule has 0 spiro atoms. The highest BCUT2D eigenvalue weighted by molar-refractivity contribution is 5.63. The molecular weight excluding hydrogens is 218 g/mol. The zero-order valence-corrected chi connectivity index (χ0v) is 10.3. The van der Waals surface area contributed by atoms with Gasteiger partial charge in [-0.25, -0.2) is 0 Å². The van der Waals surface area contributed by atoms with Crippen LogP contribution in [0, 0.1) is 10.1 Å². The molecule has 0 aliphatic rings. The fourth-order valence-electron chi connectivity index (χ4n) is 1.53. The highest BCUT2D eigenvalue weighted by atomic mass is 16.6. The summed E-state index contributed by atoms with van der Waals surface area (Å²) in [5.41, 5.74) is 1.69. The number of hydrogen-bond acceptors (Lipinski definition) is 4. The zero-order valence-electron chi connectivity index (χ0n) is 10.3. The molecule has 2 N–H and O–H groups in total. The number of hydrogen-bond donors (Lipinski definition) is 2. The second-order valence-electron chi connectivity index (χ2n) is 3.84. The molecule has 0 aromatic heterocycles. The number of nitro groups is 1. The summed E-state index contributed by atoms with van der Waals surface area (Å²) in [5.74, 6) is 0. The van der Waals surface area contributed by atoms with E-state index in [1.54, 1.807) is 12.1 Å². The van der Waals surface area contributed by atoms with Gasteiger partial charge < -0.3 is 10.6 Å². The molecule has 94 valence electrons. The quantitative estimate of drug-likeness (QED) is 0.434. The lowest BCUT2D eigenvalue weighted by atomic mass is 10.2. The van der Waals surface area contributed by atoms with Gasteiger partial charge in [-0.2, -0.15) is 0 Å². The van der Waals surface area contributed by atoms with Crippen LogP contribution in [0.2, 0.25) is 0 Å². The first-order valence-electron chi connectivity index (χ1n) is 5.94. The molecule has 0 saturated carbocycles. The average Bonchev–Trinajstić information content (AvgIpc) is 2.29. The van der Waals surface area contributed by atoms with Gasteiger partial charge in [-0.05, 0) is 19.4 Å². The standard InChI is InChI=1S/C12H19N3O2/c1-3-5-6-14-11-7-10(13-4-2)8-12(9-11)15(16)17/h7-9,13-14H,3-6H2,1-2H3. The Morgan fingerprint density at radius 1 is 1.18 bits per heavy atom. The van der Waals surface area contributed by atoms with Crippen molar-refractivity contribution >= 4 is 17.1 Å². The molecule has 5 heteroatoms. The second kappa shape index (κ2) is 6.73. The fraction of sp³-hybridized carbons (Fsp3) is 0.500. The molecule has 0 aliphatic carbocycles. The predicted molar refractivity (Wildman–Crippen MR) is 70.7 cm³/mol. The summed E-state index contributed by atoms with van der Waals surface area (Å²) < 4.78 is 0. The number of nitrogens with one attached hydrogen (secondary N) is 2. The molecule has 1 rings (SSSR count). The number of nitrogens with zero attached hydrogens (tertiary/aromatic N) is 1. The van der Waals surface area contributed by atoms with Crippen LogP contribution in [0.4, 0.5) is 17.1 Å². The molecule has 0 aliphatic heterocycles. The maximum atomic E-state index is 10.8. The van der Waals surface area contributed by atoms with Gasteiger partial charge >= 0.3 is 0 Å². The van der Waals surface area contributed by atoms with E-state index in [1.807, 2.05) is 13.0 Å². The molecule has 0 heterocycles. The molecule has 5 nitrogen and oxygen atoms in total. The molecule has 0 amide bonds. The molecule has 17 heavy (non-hydrogen) atoms. The lowest BCUT2D eigenvalue weighted by molar-refractivity contribution is -0.384. The Kier molecular flexibility index (Phi) is 5.26. The Bertz CT molecular complexity index is 380. The summed E-state index contributed by atoms with van der Waals surface area (Å²) in [4.78, 5) is 10.4. The third-order valence-corrected chi connectivity index (χ3v) is 2.37. The van der Waals surface area contributed by atoms with Crippen molar-refractivity contribution in [3.05, 3.63) is 28.3 Å². The van der Waals surface area contributed by atoms with Crippen LogP contribution < -0.4 is 10.6 Å². The van der Waals surface area contributed by atoms with Crippen molar-refractivity contribution in [2.75, 3.05) is 23.7 Å². The Balaban J connectivity index is 2.83. The maximum Gasteiger partial charge on any atom is 0.273 e. The lowest BCUT2D eigenvalue weighted by Gasteiger charge is -2.09. The van der Waals surface area contributed by atoms with Crippen molar-refractivity contribution in [2.24, 2.45) is 0 Å². The fourth-order valence-corrected chi connectivity index (χ4v) is 1.53. The van der Waals surface area contributed by atoms with Crippen LogP contribution in [0.1, 0.15) is 26.7 Å². The molecule has 0 radical (unpaired) electrons. The van der Waals surface area contributed by atoms with E-state index in [4.69, 9.17) is 0 Å². The summed E-state index contributed by atoms with van der Waals surface area (Å²) >= 11 is 0. The van der Waals surface area contributed by atoms with Crippen LogP contribution in [0.5, 0.6) is 0 Å². The Hall–Kier alpha value is -1.78. The minimum Gasteiger partial charge on any atom is -0.385 e. The SMILES string of the molecule is CCCCNc1cc(NCC)cc([N+](=O)[O-])c1. The topological polar surface area (TPSA) is 67.2 Å². The van der Waals surface area contributed by atoms with Crippen LogP contribution in [0.3, 0.4) is 0 Å². The Labute approximate surface area is 101 Å². The molecule has 0 bridgehead atoms. The first-order valence-corrected chi connectivity index (χ1v) is 5.94. The number of nitro benzene ring substituents is 1. The van der Waals surface area contributed by atoms with E-state index in [1.165, 1.54) is 0 Å². The van der Waals surface area contributed by atoms with Crippen molar-refractivity contribution < 1.29 is 4.92 Å². The van der Waals surface area contributed by atoms with E-state index in [-0.39, 0.29) is 10.6 Å². The van der Waals surface area contributed by atoms with Gasteiger partial charge in [-0.3, -0.25) is 10.1 Å². The molecule has 0 fully saturated rings. The minimum atomic E-state index is -0.369. The van der Waals surface area contributed by atoms with Crippen LogP contribution in [0.15, 0.2) is 18.2 Å². The third kappa shape index (κ3) is 4.30. The van der Waals surface area contributed by atoms with Gasteiger partial charge in [0.05, 0.1) is 4.92 Å². The molecule has 1 aromatic rings. The number of non-ortho nitro benzene ring substituents is 1. The van der Waals surface area contributed by atoms with Crippen LogP contribution in [0.25, 0.3) is 0 Å². The van der Waals surface area contributed by atoms with E-state index in [0.717, 1.165) is 37.3 Å². The van der Waals surface area contributed by atoms with E-state index < -0.39 is 0 Å². The minimum absolute atomic E-state index is 0.113. The second-order valence-corrected chi connectivity index (χ2v) is 3.84. The number of benzene rings is 1. The summed E-state index contributed by atoms with van der Waals surface area (Å²) in [6.07, 6.45) is 2.15. The van der Waals surface area contributed by atoms with Crippen LogP contribution >= 0.6 is 0 Å². The Morgan fingerprint density at radius 3 is 2.35 bits per heavy atom. The van der Waals surface area contributed by atoms with Crippen molar-refractivity contribution in [3.63, 3.8) is 0 Å². The monoisotopic (exact) mass is 237 g/mol. The van der Waals surface area contributed by atoms with Gasteiger partial charge in [0, 0.05) is 36.6 Å². The van der Waals surface area contributed by atoms with E-state index >= 15 is 0 Å². The van der Waals surface area contributed by atoms with Crippen LogP contribution in [-0.4, -0.2) is 18.0 Å². The first kappa shape index (κ1) is 13.3. The molecular formula is C12H19N3O2. The summed E-state index contributed by atoms with van der Waals surface area (Å²) in [6, 6.07) is 5.01. The van der Waals surface area contributed by atoms with Gasteiger partial charge in [-0.1, -0.05) is 13.3 Å². The number of anilines is 2. The molecule has 0 atom stereocenters. The summed E-state index contributed by atoms with van der Waals surface area (Å²) in [6.45, 7) is 5.65. The van der Waals surface area contributed by atoms with Crippen molar-refractivity contribution in [1.82, 2.24) is 0 Å². The normalized spacial score (nSPS) is 10.0. The number of rotatable bonds is 7. The van der Waals surface area contributed by atoms with Gasteiger partial charge in [-0.15, -0.1) is 0 Å². The van der Waals surface area contributed by atoms with Crippen molar-refractivity contribution in [1.29, 1.82) is 0 Å². The van der Waals surface area contributed by atoms with Gasteiger partial charge in [0.25, 0.3) is 5.69 Å². The zero-order chi connectivity index (χ0) is 12.7. The highest BCUT2D eigenvalue weighted by Crippen LogP contribution is 2.24. The highest BCUT2D eigenvalue weighted by Gasteiger charge is 2.09. The smallest absolute Gasteiger partial charge is 0.273 e. The van der Waals surface area contributed by atoms with E-state index in [0.29, 0.717) is 0 Å².